The van der Waals surface area contributed by atoms with Crippen molar-refractivity contribution in [1.29, 1.82) is 0 Å². The molecular weight excluding hydrogens is 352 g/mol. The third-order valence-electron chi connectivity index (χ3n) is 6.79. The second kappa shape index (κ2) is 8.15. The van der Waals surface area contributed by atoms with E-state index < -0.39 is 22.7 Å². The van der Waals surface area contributed by atoms with Crippen LogP contribution in [0.3, 0.4) is 0 Å². The fourth-order valence-electron chi connectivity index (χ4n) is 5.61. The molecule has 2 aliphatic carbocycles. The quantitative estimate of drug-likeness (QED) is 0.336. The van der Waals surface area contributed by atoms with Crippen LogP contribution < -0.4 is 0 Å². The molecule has 2 saturated carbocycles. The first kappa shape index (κ1) is 22.3. The molecule has 2 rings (SSSR count). The molecule has 7 heteroatoms. The van der Waals surface area contributed by atoms with Gasteiger partial charge in [0.25, 0.3) is 0 Å². The zero-order valence-electron chi connectivity index (χ0n) is 16.6. The van der Waals surface area contributed by atoms with Crippen LogP contribution in [0.25, 0.3) is 0 Å². The van der Waals surface area contributed by atoms with E-state index in [1.54, 1.807) is 13.8 Å². The van der Waals surface area contributed by atoms with Gasteiger partial charge in [-0.25, -0.2) is 0 Å². The third-order valence-corrected chi connectivity index (χ3v) is 6.79. The van der Waals surface area contributed by atoms with Crippen molar-refractivity contribution < 1.29 is 34.8 Å². The predicted molar refractivity (Wildman–Crippen MR) is 97.6 cm³/mol. The molecule has 0 aromatic rings. The van der Waals surface area contributed by atoms with Gasteiger partial charge in [0, 0.05) is 17.3 Å². The number of rotatable bonds is 9. The van der Waals surface area contributed by atoms with Crippen LogP contribution in [0.5, 0.6) is 0 Å². The Balaban J connectivity index is 2.35. The number of aliphatic hydroxyl groups excluding tert-OH is 4. The Kier molecular flexibility index (Phi) is 6.72. The highest BCUT2D eigenvalue weighted by atomic mass is 16.5. The van der Waals surface area contributed by atoms with Gasteiger partial charge in [-0.2, -0.15) is 0 Å². The zero-order chi connectivity index (χ0) is 20.5. The molecule has 3 atom stereocenters. The van der Waals surface area contributed by atoms with Crippen molar-refractivity contribution in [3.8, 4) is 0 Å². The molecule has 0 radical (unpaired) electrons. The number of ketones is 1. The monoisotopic (exact) mass is 386 g/mol. The summed E-state index contributed by atoms with van der Waals surface area (Å²) in [6.07, 6.45) is 2.57. The van der Waals surface area contributed by atoms with Gasteiger partial charge < -0.3 is 25.2 Å². The normalized spacial score (nSPS) is 27.7. The second-order valence-corrected chi connectivity index (χ2v) is 9.61. The van der Waals surface area contributed by atoms with Crippen molar-refractivity contribution in [3.63, 3.8) is 0 Å². The molecule has 0 aliphatic heterocycles. The van der Waals surface area contributed by atoms with Crippen LogP contribution in [-0.2, 0) is 14.3 Å². The van der Waals surface area contributed by atoms with E-state index in [-0.39, 0.29) is 49.5 Å². The summed E-state index contributed by atoms with van der Waals surface area (Å²) in [7, 11) is 1.29. The van der Waals surface area contributed by atoms with Crippen LogP contribution >= 0.6 is 0 Å². The molecule has 0 aromatic carbocycles. The Morgan fingerprint density at radius 3 is 1.93 bits per heavy atom. The molecule has 0 aromatic heterocycles. The molecule has 0 bridgehead atoms. The molecule has 0 amide bonds. The summed E-state index contributed by atoms with van der Waals surface area (Å²) in [6, 6.07) is 0. The Morgan fingerprint density at radius 2 is 1.52 bits per heavy atom. The van der Waals surface area contributed by atoms with Gasteiger partial charge in [0.2, 0.25) is 0 Å². The highest BCUT2D eigenvalue weighted by molar-refractivity contribution is 6.01. The molecule has 0 heterocycles. The SMILES string of the molecule is COC(=O)C1C(=O)CC2CC(CC(C)(CO)CO)(CC(C)(CO)CO)CC21. The molecule has 2 fully saturated rings. The average Bonchev–Trinajstić information content (AvgIpc) is 3.12. The summed E-state index contributed by atoms with van der Waals surface area (Å²) in [6.45, 7) is 2.87. The van der Waals surface area contributed by atoms with E-state index in [1.807, 2.05) is 0 Å². The molecule has 3 unspecified atom stereocenters. The summed E-state index contributed by atoms with van der Waals surface area (Å²) in [5.41, 5.74) is -1.81. The summed E-state index contributed by atoms with van der Waals surface area (Å²) >= 11 is 0. The lowest BCUT2D eigenvalue weighted by molar-refractivity contribution is -0.150. The van der Waals surface area contributed by atoms with Gasteiger partial charge >= 0.3 is 5.97 Å². The van der Waals surface area contributed by atoms with E-state index in [2.05, 4.69) is 0 Å². The minimum Gasteiger partial charge on any atom is -0.468 e. The number of methoxy groups -OCH3 is 1. The topological polar surface area (TPSA) is 124 Å². The summed E-state index contributed by atoms with van der Waals surface area (Å²) in [5, 5.41) is 39.2. The third kappa shape index (κ3) is 4.36. The molecular formula is C20H34O7. The van der Waals surface area contributed by atoms with Crippen LogP contribution in [0, 0.1) is 34.0 Å². The zero-order valence-corrected chi connectivity index (χ0v) is 16.6. The number of aliphatic hydroxyl groups is 4. The van der Waals surface area contributed by atoms with Crippen molar-refractivity contribution in [2.24, 2.45) is 34.0 Å². The predicted octanol–water partition coefficient (Wildman–Crippen LogP) is 0.523. The minimum absolute atomic E-state index is 0.0462. The molecule has 0 saturated heterocycles. The van der Waals surface area contributed by atoms with Crippen LogP contribution in [0.4, 0.5) is 0 Å². The highest BCUT2D eigenvalue weighted by Crippen LogP contribution is 2.61. The number of hydrogen-bond donors (Lipinski definition) is 4. The van der Waals surface area contributed by atoms with Crippen molar-refractivity contribution in [3.05, 3.63) is 0 Å². The van der Waals surface area contributed by atoms with Gasteiger partial charge in [0.1, 0.15) is 11.7 Å². The molecule has 27 heavy (non-hydrogen) atoms. The molecule has 0 spiro atoms. The van der Waals surface area contributed by atoms with Gasteiger partial charge in [-0.15, -0.1) is 0 Å². The Labute approximate surface area is 160 Å². The second-order valence-electron chi connectivity index (χ2n) is 9.61. The highest BCUT2D eigenvalue weighted by Gasteiger charge is 2.58. The Bertz CT molecular complexity index is 523. The lowest BCUT2D eigenvalue weighted by atomic mass is 9.63. The first-order valence-corrected chi connectivity index (χ1v) is 9.64. The van der Waals surface area contributed by atoms with Crippen LogP contribution in [0.15, 0.2) is 0 Å². The van der Waals surface area contributed by atoms with Gasteiger partial charge in [-0.1, -0.05) is 13.8 Å². The van der Waals surface area contributed by atoms with E-state index in [1.165, 1.54) is 7.11 Å². The van der Waals surface area contributed by atoms with E-state index in [9.17, 15) is 30.0 Å². The number of ether oxygens (including phenoxy) is 1. The first-order valence-electron chi connectivity index (χ1n) is 9.64. The van der Waals surface area contributed by atoms with Crippen molar-refractivity contribution >= 4 is 11.8 Å². The lowest BCUT2D eigenvalue weighted by Gasteiger charge is -2.43. The van der Waals surface area contributed by atoms with Crippen molar-refractivity contribution in [2.45, 2.75) is 46.0 Å². The number of hydrogen-bond acceptors (Lipinski definition) is 7. The van der Waals surface area contributed by atoms with E-state index >= 15 is 0 Å². The van der Waals surface area contributed by atoms with E-state index in [4.69, 9.17) is 4.74 Å². The molecule has 156 valence electrons. The van der Waals surface area contributed by atoms with Gasteiger partial charge in [0.15, 0.2) is 0 Å². The lowest BCUT2D eigenvalue weighted by Crippen LogP contribution is -2.40. The van der Waals surface area contributed by atoms with Crippen LogP contribution in [-0.4, -0.2) is 65.7 Å². The van der Waals surface area contributed by atoms with E-state index in [0.29, 0.717) is 32.1 Å². The summed E-state index contributed by atoms with van der Waals surface area (Å²) < 4.78 is 4.85. The van der Waals surface area contributed by atoms with Gasteiger partial charge in [-0.05, 0) is 42.9 Å². The fourth-order valence-corrected chi connectivity index (χ4v) is 5.61. The molecule has 7 nitrogen and oxygen atoms in total. The number of carbonyl (C=O) groups excluding carboxylic acids is 2. The number of carbonyl (C=O) groups is 2. The smallest absolute Gasteiger partial charge is 0.316 e. The molecule has 4 N–H and O–H groups in total. The fraction of sp³-hybridized carbons (Fsp3) is 0.900. The standard InChI is InChI=1S/C20H34O7/c1-18(9-21,10-22)7-20(8-19(2,11-23)12-24)5-13-4-15(25)16(14(13)6-20)17(26)27-3/h13-14,16,21-24H,4-12H2,1-3H3. The number of Topliss-reactive ketones (excluding diaryl/α,β-unsaturated/α-hetero) is 1. The molecule has 2 aliphatic rings. The maximum atomic E-state index is 12.3. The summed E-state index contributed by atoms with van der Waals surface area (Å²) in [4.78, 5) is 24.5. The largest absolute Gasteiger partial charge is 0.468 e. The maximum Gasteiger partial charge on any atom is 0.316 e. The Hall–Kier alpha value is -1.02. The first-order chi connectivity index (χ1) is 12.6. The maximum absolute atomic E-state index is 12.3. The van der Waals surface area contributed by atoms with Gasteiger partial charge in [-0.3, -0.25) is 9.59 Å². The summed E-state index contributed by atoms with van der Waals surface area (Å²) in [5.74, 6) is -1.42. The average molecular weight is 386 g/mol. The van der Waals surface area contributed by atoms with Gasteiger partial charge in [0.05, 0.1) is 33.5 Å². The Morgan fingerprint density at radius 1 is 1.04 bits per heavy atom. The minimum atomic E-state index is -0.758. The van der Waals surface area contributed by atoms with Crippen molar-refractivity contribution in [1.82, 2.24) is 0 Å². The van der Waals surface area contributed by atoms with Crippen LogP contribution in [0.2, 0.25) is 0 Å². The number of esters is 1. The van der Waals surface area contributed by atoms with E-state index in [0.717, 1.165) is 0 Å². The van der Waals surface area contributed by atoms with Crippen LogP contribution in [0.1, 0.15) is 46.0 Å². The number of fused-ring (bicyclic) bond motifs is 1. The van der Waals surface area contributed by atoms with Crippen molar-refractivity contribution in [2.75, 3.05) is 33.5 Å².